The maximum absolute atomic E-state index is 5.20. The zero-order chi connectivity index (χ0) is 13.2. The van der Waals surface area contributed by atoms with Gasteiger partial charge in [-0.2, -0.15) is 0 Å². The predicted octanol–water partition coefficient (Wildman–Crippen LogP) is 4.52. The summed E-state index contributed by atoms with van der Waals surface area (Å²) in [6.07, 6.45) is 4.39. The molecule has 0 N–H and O–H groups in total. The molecule has 1 aliphatic rings. The molecule has 1 heteroatoms. The summed E-state index contributed by atoms with van der Waals surface area (Å²) in [5.41, 5.74) is 4.89. The molecule has 0 bridgehead atoms. The van der Waals surface area contributed by atoms with Crippen molar-refractivity contribution in [3.63, 3.8) is 0 Å². The van der Waals surface area contributed by atoms with Crippen LogP contribution in [-0.2, 0) is 0 Å². The van der Waals surface area contributed by atoms with Gasteiger partial charge in [0.1, 0.15) is 5.75 Å². The lowest BCUT2D eigenvalue weighted by molar-refractivity contribution is 0.414. The van der Waals surface area contributed by atoms with Crippen LogP contribution in [0.1, 0.15) is 22.6 Å². The lowest BCUT2D eigenvalue weighted by Gasteiger charge is -2.22. The van der Waals surface area contributed by atoms with Crippen molar-refractivity contribution in [1.29, 1.82) is 0 Å². The van der Waals surface area contributed by atoms with Crippen LogP contribution in [0, 0.1) is 0 Å². The van der Waals surface area contributed by atoms with Gasteiger partial charge in [-0.05, 0) is 34.4 Å². The number of rotatable bonds is 2. The SMILES string of the molecule is C=C1c2ccccc2C=CC1c1ccc(OC)cc1. The average Bonchev–Trinajstić information content (AvgIpc) is 2.48. The normalized spacial score (nSPS) is 17.1. The third-order valence-electron chi connectivity index (χ3n) is 3.63. The summed E-state index contributed by atoms with van der Waals surface area (Å²) >= 11 is 0. The van der Waals surface area contributed by atoms with E-state index in [0.29, 0.717) is 0 Å². The molecule has 0 saturated heterocycles. The van der Waals surface area contributed by atoms with Gasteiger partial charge in [0.25, 0.3) is 0 Å². The van der Waals surface area contributed by atoms with Crippen molar-refractivity contribution in [3.8, 4) is 5.75 Å². The summed E-state index contributed by atoms with van der Waals surface area (Å²) in [5, 5.41) is 0. The fraction of sp³-hybridized carbons (Fsp3) is 0.111. The van der Waals surface area contributed by atoms with E-state index in [1.165, 1.54) is 16.7 Å². The second kappa shape index (κ2) is 4.77. The monoisotopic (exact) mass is 248 g/mol. The van der Waals surface area contributed by atoms with E-state index in [1.807, 2.05) is 12.1 Å². The largest absolute Gasteiger partial charge is 0.497 e. The number of allylic oxidation sites excluding steroid dienone is 2. The van der Waals surface area contributed by atoms with Crippen LogP contribution in [0.2, 0.25) is 0 Å². The van der Waals surface area contributed by atoms with E-state index in [0.717, 1.165) is 11.3 Å². The zero-order valence-electron chi connectivity index (χ0n) is 11.0. The standard InChI is InChI=1S/C18H16O/c1-13-17-6-4-3-5-14(17)9-12-18(13)15-7-10-16(19-2)11-8-15/h3-12,18H,1H2,2H3. The second-order valence-electron chi connectivity index (χ2n) is 4.72. The van der Waals surface area contributed by atoms with E-state index in [9.17, 15) is 0 Å². The summed E-state index contributed by atoms with van der Waals surface area (Å²) in [7, 11) is 1.69. The number of methoxy groups -OCH3 is 1. The molecule has 1 unspecified atom stereocenters. The van der Waals surface area contributed by atoms with Gasteiger partial charge in [-0.3, -0.25) is 0 Å². The molecule has 1 atom stereocenters. The quantitative estimate of drug-likeness (QED) is 0.759. The van der Waals surface area contributed by atoms with Crippen molar-refractivity contribution < 1.29 is 4.74 Å². The Morgan fingerprint density at radius 3 is 2.47 bits per heavy atom. The molecule has 1 nitrogen and oxygen atoms in total. The van der Waals surface area contributed by atoms with Crippen LogP contribution in [0.4, 0.5) is 0 Å². The third-order valence-corrected chi connectivity index (χ3v) is 3.63. The molecule has 2 aromatic rings. The minimum atomic E-state index is 0.251. The Morgan fingerprint density at radius 1 is 1.00 bits per heavy atom. The number of hydrogen-bond acceptors (Lipinski definition) is 1. The molecule has 0 fully saturated rings. The van der Waals surface area contributed by atoms with Gasteiger partial charge in [0.2, 0.25) is 0 Å². The Bertz CT molecular complexity index is 635. The molecule has 2 aromatic carbocycles. The van der Waals surface area contributed by atoms with Gasteiger partial charge in [-0.25, -0.2) is 0 Å². The van der Waals surface area contributed by atoms with Crippen LogP contribution in [0.25, 0.3) is 11.6 Å². The Balaban J connectivity index is 1.97. The van der Waals surface area contributed by atoms with Crippen molar-refractivity contribution in [3.05, 3.63) is 77.9 Å². The zero-order valence-corrected chi connectivity index (χ0v) is 11.0. The van der Waals surface area contributed by atoms with Crippen LogP contribution in [-0.4, -0.2) is 7.11 Å². The maximum atomic E-state index is 5.20. The molecule has 0 spiro atoms. The topological polar surface area (TPSA) is 9.23 Å². The highest BCUT2D eigenvalue weighted by molar-refractivity contribution is 5.82. The van der Waals surface area contributed by atoms with E-state index in [4.69, 9.17) is 4.74 Å². The minimum absolute atomic E-state index is 0.251. The Kier molecular flexibility index (Phi) is 2.96. The summed E-state index contributed by atoms with van der Waals surface area (Å²) in [4.78, 5) is 0. The number of benzene rings is 2. The van der Waals surface area contributed by atoms with Crippen LogP contribution in [0.5, 0.6) is 5.75 Å². The number of ether oxygens (including phenoxy) is 1. The van der Waals surface area contributed by atoms with Gasteiger partial charge in [0.15, 0.2) is 0 Å². The molecule has 19 heavy (non-hydrogen) atoms. The molecule has 0 aliphatic heterocycles. The average molecular weight is 248 g/mol. The summed E-state index contributed by atoms with van der Waals surface area (Å²) < 4.78 is 5.20. The predicted molar refractivity (Wildman–Crippen MR) is 80.2 cm³/mol. The lowest BCUT2D eigenvalue weighted by atomic mass is 9.81. The smallest absolute Gasteiger partial charge is 0.118 e. The van der Waals surface area contributed by atoms with Crippen LogP contribution in [0.15, 0.2) is 61.2 Å². The highest BCUT2D eigenvalue weighted by Gasteiger charge is 2.19. The van der Waals surface area contributed by atoms with Gasteiger partial charge in [-0.1, -0.05) is 55.1 Å². The molecule has 0 radical (unpaired) electrons. The molecule has 0 saturated carbocycles. The van der Waals surface area contributed by atoms with Gasteiger partial charge >= 0.3 is 0 Å². The van der Waals surface area contributed by atoms with Crippen LogP contribution >= 0.6 is 0 Å². The van der Waals surface area contributed by atoms with Gasteiger partial charge in [-0.15, -0.1) is 0 Å². The molecule has 0 aromatic heterocycles. The van der Waals surface area contributed by atoms with Crippen molar-refractivity contribution in [2.24, 2.45) is 0 Å². The first kappa shape index (κ1) is 11.8. The highest BCUT2D eigenvalue weighted by atomic mass is 16.5. The summed E-state index contributed by atoms with van der Waals surface area (Å²) in [6.45, 7) is 4.27. The first-order valence-corrected chi connectivity index (χ1v) is 6.40. The van der Waals surface area contributed by atoms with Gasteiger partial charge in [0, 0.05) is 5.92 Å². The van der Waals surface area contributed by atoms with Crippen molar-refractivity contribution >= 4 is 11.6 Å². The molecule has 94 valence electrons. The van der Waals surface area contributed by atoms with Crippen LogP contribution < -0.4 is 4.74 Å². The van der Waals surface area contributed by atoms with E-state index in [1.54, 1.807) is 7.11 Å². The Morgan fingerprint density at radius 2 is 1.74 bits per heavy atom. The Labute approximate surface area is 113 Å². The highest BCUT2D eigenvalue weighted by Crippen LogP contribution is 2.38. The molecule has 3 rings (SSSR count). The lowest BCUT2D eigenvalue weighted by Crippen LogP contribution is -2.03. The molecule has 1 aliphatic carbocycles. The van der Waals surface area contributed by atoms with Crippen LogP contribution in [0.3, 0.4) is 0 Å². The van der Waals surface area contributed by atoms with Crippen molar-refractivity contribution in [2.45, 2.75) is 5.92 Å². The molecule has 0 amide bonds. The molecule has 0 heterocycles. The van der Waals surface area contributed by atoms with E-state index in [-0.39, 0.29) is 5.92 Å². The van der Waals surface area contributed by atoms with Crippen molar-refractivity contribution in [2.75, 3.05) is 7.11 Å². The maximum Gasteiger partial charge on any atom is 0.118 e. The van der Waals surface area contributed by atoms with Gasteiger partial charge < -0.3 is 4.74 Å². The van der Waals surface area contributed by atoms with E-state index in [2.05, 4.69) is 55.1 Å². The number of fused-ring (bicyclic) bond motifs is 1. The summed E-state index contributed by atoms with van der Waals surface area (Å²) in [6, 6.07) is 16.6. The molecular weight excluding hydrogens is 232 g/mol. The van der Waals surface area contributed by atoms with E-state index < -0.39 is 0 Å². The van der Waals surface area contributed by atoms with E-state index >= 15 is 0 Å². The van der Waals surface area contributed by atoms with Gasteiger partial charge in [0.05, 0.1) is 7.11 Å². The second-order valence-corrected chi connectivity index (χ2v) is 4.72. The first-order valence-electron chi connectivity index (χ1n) is 6.40. The third kappa shape index (κ3) is 2.08. The fourth-order valence-corrected chi connectivity index (χ4v) is 2.54. The fourth-order valence-electron chi connectivity index (χ4n) is 2.54. The summed E-state index contributed by atoms with van der Waals surface area (Å²) in [5.74, 6) is 1.13. The Hall–Kier alpha value is -2.28. The minimum Gasteiger partial charge on any atom is -0.497 e. The number of hydrogen-bond donors (Lipinski definition) is 0. The van der Waals surface area contributed by atoms with Crippen molar-refractivity contribution in [1.82, 2.24) is 0 Å². The molecular formula is C18H16O. The first-order chi connectivity index (χ1) is 9.29.